The Labute approximate surface area is 183 Å². The van der Waals surface area contributed by atoms with E-state index < -0.39 is 16.8 Å². The van der Waals surface area contributed by atoms with Crippen molar-refractivity contribution >= 4 is 28.7 Å². The van der Waals surface area contributed by atoms with Gasteiger partial charge in [0.15, 0.2) is 0 Å². The molecule has 3 N–H and O–H groups in total. The molecule has 1 aromatic carbocycles. The second-order valence-electron chi connectivity index (χ2n) is 7.58. The number of nitrogens with zero attached hydrogens (tertiary/aromatic N) is 1. The van der Waals surface area contributed by atoms with E-state index in [2.05, 4.69) is 60.1 Å². The Morgan fingerprint density at radius 2 is 1.07 bits per heavy atom. The van der Waals surface area contributed by atoms with Crippen molar-refractivity contribution in [1.29, 1.82) is 0 Å². The van der Waals surface area contributed by atoms with Crippen LogP contribution in [0.3, 0.4) is 0 Å². The molecular formula is C20H40Cl2N4Ti. The Balaban J connectivity index is 0.00000338. The molecule has 0 unspecified atom stereocenters. The molecule has 0 spiro atoms. The standard InChI is InChI=1S/C12H27N4.C6H5.2CH3.2ClH.Ti/c1-5-13-7-2-9-15-11-4-12-16-10-3-8-14-6-1;1-2-4-6-5-3-1;;;;;/h13-15H,1-12H2;1-5H;2*1H3;2*1H;/q-1;;;;;;+1. The Morgan fingerprint density at radius 3 is 1.52 bits per heavy atom. The van der Waals surface area contributed by atoms with Crippen LogP contribution in [0.15, 0.2) is 30.3 Å². The average Bonchev–Trinajstić information content (AvgIpc) is 2.62. The van der Waals surface area contributed by atoms with Gasteiger partial charge in [0.2, 0.25) is 0 Å². The van der Waals surface area contributed by atoms with Gasteiger partial charge in [-0.1, -0.05) is 0 Å². The molecule has 1 aliphatic heterocycles. The predicted octanol–water partition coefficient (Wildman–Crippen LogP) is 2.97. The second kappa shape index (κ2) is 16.2. The molecular weight excluding hydrogens is 415 g/mol. The first-order valence-electron chi connectivity index (χ1n) is 10.1. The van der Waals surface area contributed by atoms with Crippen LogP contribution < -0.4 is 19.8 Å². The van der Waals surface area contributed by atoms with E-state index in [1.165, 1.54) is 38.8 Å². The minimum absolute atomic E-state index is 0. The maximum absolute atomic E-state index is 3.62. The third kappa shape index (κ3) is 10.6. The van der Waals surface area contributed by atoms with Crippen molar-refractivity contribution in [2.45, 2.75) is 36.1 Å². The summed E-state index contributed by atoms with van der Waals surface area (Å²) in [5, 5.41) is 15.9. The van der Waals surface area contributed by atoms with Gasteiger partial charge in [-0.2, -0.15) is 0 Å². The molecule has 158 valence electrons. The normalized spacial score (nSPS) is 19.5. The molecule has 0 aliphatic carbocycles. The van der Waals surface area contributed by atoms with Crippen molar-refractivity contribution in [2.75, 3.05) is 52.4 Å². The number of nitrogens with one attached hydrogen (secondary N) is 3. The molecule has 0 aromatic heterocycles. The molecule has 0 bridgehead atoms. The molecule has 1 heterocycles. The van der Waals surface area contributed by atoms with Crippen LogP contribution in [-0.2, 0) is 16.8 Å². The van der Waals surface area contributed by atoms with Crippen molar-refractivity contribution in [3.63, 3.8) is 0 Å². The average molecular weight is 455 g/mol. The first-order valence-corrected chi connectivity index (χ1v) is 14.7. The first-order chi connectivity index (χ1) is 12.2. The SMILES string of the molecule is Cl.Cl.[CH3][Ti]([CH3])([c]1ccccc1)[N]1CCCNCCCNCCCNCCC1. The molecule has 0 radical (unpaired) electrons. The zero-order valence-electron chi connectivity index (χ0n) is 17.1. The van der Waals surface area contributed by atoms with E-state index in [1.807, 2.05) is 0 Å². The summed E-state index contributed by atoms with van der Waals surface area (Å²) in [7, 11) is 0. The Hall–Kier alpha value is 0.354. The first kappa shape index (κ1) is 27.4. The van der Waals surface area contributed by atoms with Gasteiger partial charge >= 0.3 is 159 Å². The molecule has 0 saturated carbocycles. The molecule has 1 fully saturated rings. The summed E-state index contributed by atoms with van der Waals surface area (Å²) in [4.78, 5) is 0. The van der Waals surface area contributed by atoms with Crippen LogP contribution in [0.4, 0.5) is 0 Å². The van der Waals surface area contributed by atoms with Gasteiger partial charge in [0.05, 0.1) is 0 Å². The summed E-state index contributed by atoms with van der Waals surface area (Å²) in [5.41, 5.74) is 0. The topological polar surface area (TPSA) is 39.3 Å². The molecule has 4 nitrogen and oxygen atoms in total. The van der Waals surface area contributed by atoms with E-state index in [4.69, 9.17) is 0 Å². The van der Waals surface area contributed by atoms with E-state index in [0.29, 0.717) is 0 Å². The minimum atomic E-state index is -2.15. The van der Waals surface area contributed by atoms with E-state index >= 15 is 0 Å². The van der Waals surface area contributed by atoms with Crippen LogP contribution in [0.2, 0.25) is 10.5 Å². The van der Waals surface area contributed by atoms with Crippen molar-refractivity contribution in [2.24, 2.45) is 0 Å². The van der Waals surface area contributed by atoms with Crippen LogP contribution >= 0.6 is 24.8 Å². The van der Waals surface area contributed by atoms with E-state index in [-0.39, 0.29) is 24.8 Å². The second-order valence-corrected chi connectivity index (χ2v) is 14.3. The van der Waals surface area contributed by atoms with Crippen molar-refractivity contribution in [3.8, 4) is 0 Å². The summed E-state index contributed by atoms with van der Waals surface area (Å²) in [5.74, 6) is 0. The van der Waals surface area contributed by atoms with Gasteiger partial charge in [0.1, 0.15) is 0 Å². The zero-order chi connectivity index (χ0) is 17.8. The van der Waals surface area contributed by atoms with Gasteiger partial charge in [-0.3, -0.25) is 0 Å². The molecule has 0 atom stereocenters. The summed E-state index contributed by atoms with van der Waals surface area (Å²) in [6.45, 7) is 9.28. The summed E-state index contributed by atoms with van der Waals surface area (Å²) in [6, 6.07) is 11.2. The van der Waals surface area contributed by atoms with Gasteiger partial charge in [-0.15, -0.1) is 24.8 Å². The van der Waals surface area contributed by atoms with Gasteiger partial charge in [0.25, 0.3) is 0 Å². The van der Waals surface area contributed by atoms with E-state index in [0.717, 1.165) is 39.3 Å². The van der Waals surface area contributed by atoms with Gasteiger partial charge < -0.3 is 0 Å². The van der Waals surface area contributed by atoms with Crippen LogP contribution in [0.1, 0.15) is 25.7 Å². The van der Waals surface area contributed by atoms with Gasteiger partial charge in [0, 0.05) is 0 Å². The number of hydrogen-bond donors (Lipinski definition) is 3. The Bertz CT molecular complexity index is 447. The summed E-state index contributed by atoms with van der Waals surface area (Å²) >= 11 is -2.15. The molecule has 1 aromatic rings. The van der Waals surface area contributed by atoms with Crippen molar-refractivity contribution in [3.05, 3.63) is 30.3 Å². The van der Waals surface area contributed by atoms with E-state index in [9.17, 15) is 0 Å². The third-order valence-electron chi connectivity index (χ3n) is 5.25. The zero-order valence-corrected chi connectivity index (χ0v) is 20.3. The van der Waals surface area contributed by atoms with Crippen LogP contribution in [0.25, 0.3) is 0 Å². The number of hydrogen-bond acceptors (Lipinski definition) is 4. The summed E-state index contributed by atoms with van der Waals surface area (Å²) < 4.78 is 4.45. The molecule has 0 amide bonds. The number of benzene rings is 1. The monoisotopic (exact) mass is 454 g/mol. The fourth-order valence-corrected chi connectivity index (χ4v) is 7.93. The fourth-order valence-electron chi connectivity index (χ4n) is 3.54. The van der Waals surface area contributed by atoms with Crippen LogP contribution in [-0.4, -0.2) is 55.7 Å². The van der Waals surface area contributed by atoms with Gasteiger partial charge in [-0.25, -0.2) is 0 Å². The molecule has 1 aliphatic rings. The van der Waals surface area contributed by atoms with Crippen molar-refractivity contribution in [1.82, 2.24) is 19.3 Å². The van der Waals surface area contributed by atoms with E-state index in [1.54, 1.807) is 3.87 Å². The van der Waals surface area contributed by atoms with Crippen molar-refractivity contribution < 1.29 is 16.8 Å². The Kier molecular flexibility index (Phi) is 16.4. The van der Waals surface area contributed by atoms with Crippen LogP contribution in [0, 0.1) is 0 Å². The molecule has 27 heavy (non-hydrogen) atoms. The fraction of sp³-hybridized carbons (Fsp3) is 0.700. The van der Waals surface area contributed by atoms with Gasteiger partial charge in [-0.05, 0) is 0 Å². The molecule has 1 saturated heterocycles. The molecule has 2 rings (SSSR count). The maximum atomic E-state index is 3.62. The predicted molar refractivity (Wildman–Crippen MR) is 121 cm³/mol. The molecule has 7 heteroatoms. The Morgan fingerprint density at radius 1 is 0.667 bits per heavy atom. The van der Waals surface area contributed by atoms with Crippen LogP contribution in [0.5, 0.6) is 0 Å². The quantitative estimate of drug-likeness (QED) is 0.600. The third-order valence-corrected chi connectivity index (χ3v) is 11.1. The summed E-state index contributed by atoms with van der Waals surface area (Å²) in [6.07, 6.45) is 4.96. The number of halogens is 2. The number of rotatable bonds is 2.